The van der Waals surface area contributed by atoms with E-state index in [1.54, 1.807) is 4.90 Å². The van der Waals surface area contributed by atoms with Crippen LogP contribution in [0.3, 0.4) is 0 Å². The van der Waals surface area contributed by atoms with Crippen molar-refractivity contribution in [2.45, 2.75) is 58.0 Å². The molecule has 1 aliphatic heterocycles. The Morgan fingerprint density at radius 3 is 2.78 bits per heavy atom. The average Bonchev–Trinajstić information content (AvgIpc) is 3.33. The second kappa shape index (κ2) is 9.17. The van der Waals surface area contributed by atoms with Crippen molar-refractivity contribution in [1.29, 1.82) is 0 Å². The first-order valence-corrected chi connectivity index (χ1v) is 13.1. The molecule has 0 aromatic carbocycles. The van der Waals surface area contributed by atoms with Gasteiger partial charge in [0.1, 0.15) is 0 Å². The van der Waals surface area contributed by atoms with Crippen LogP contribution in [0.25, 0.3) is 10.7 Å². The van der Waals surface area contributed by atoms with Gasteiger partial charge in [-0.25, -0.2) is 0 Å². The predicted molar refractivity (Wildman–Crippen MR) is 129 cm³/mol. The molecule has 2 N–H and O–H groups in total. The van der Waals surface area contributed by atoms with Crippen LogP contribution in [0.5, 0.6) is 0 Å². The van der Waals surface area contributed by atoms with Crippen molar-refractivity contribution in [3.63, 3.8) is 0 Å². The molecular weight excluding hydrogens is 442 g/mol. The first-order chi connectivity index (χ1) is 15.1. The summed E-state index contributed by atoms with van der Waals surface area (Å²) in [4.78, 5) is 28.5. The van der Waals surface area contributed by atoms with E-state index in [4.69, 9.17) is 5.73 Å². The fourth-order valence-corrected chi connectivity index (χ4v) is 6.72. The predicted octanol–water partition coefficient (Wildman–Crippen LogP) is 3.51. The summed E-state index contributed by atoms with van der Waals surface area (Å²) in [5.74, 6) is 1.32. The van der Waals surface area contributed by atoms with Crippen molar-refractivity contribution in [1.82, 2.24) is 19.7 Å². The van der Waals surface area contributed by atoms with Crippen molar-refractivity contribution in [2.24, 2.45) is 30.0 Å². The van der Waals surface area contributed by atoms with Crippen LogP contribution in [0.2, 0.25) is 0 Å². The number of nitrogens with zero attached hydrogens (tertiary/aromatic N) is 4. The second-order valence-electron chi connectivity index (χ2n) is 10.1. The van der Waals surface area contributed by atoms with Gasteiger partial charge in [0.25, 0.3) is 0 Å². The van der Waals surface area contributed by atoms with E-state index in [0.29, 0.717) is 24.4 Å². The van der Waals surface area contributed by atoms with Gasteiger partial charge in [0, 0.05) is 25.0 Å². The highest BCUT2D eigenvalue weighted by Gasteiger charge is 2.31. The zero-order valence-electron chi connectivity index (χ0n) is 19.4. The number of thioether (sulfide) groups is 1. The molecule has 2 aromatic heterocycles. The minimum Gasteiger partial charge on any atom is -0.369 e. The topological polar surface area (TPSA) is 94.1 Å². The summed E-state index contributed by atoms with van der Waals surface area (Å²) in [6.45, 7) is 8.11. The summed E-state index contributed by atoms with van der Waals surface area (Å²) >= 11 is 3.23. The molecule has 32 heavy (non-hydrogen) atoms. The van der Waals surface area contributed by atoms with E-state index in [-0.39, 0.29) is 23.5 Å². The number of piperidine rings is 1. The van der Waals surface area contributed by atoms with Gasteiger partial charge in [-0.3, -0.25) is 9.59 Å². The molecule has 7 nitrogen and oxygen atoms in total. The van der Waals surface area contributed by atoms with E-state index in [9.17, 15) is 9.59 Å². The quantitative estimate of drug-likeness (QED) is 0.668. The van der Waals surface area contributed by atoms with Gasteiger partial charge in [0.15, 0.2) is 11.0 Å². The van der Waals surface area contributed by atoms with Gasteiger partial charge in [-0.15, -0.1) is 21.5 Å². The maximum Gasteiger partial charge on any atom is 0.233 e. The van der Waals surface area contributed by atoms with Crippen molar-refractivity contribution < 1.29 is 9.59 Å². The fourth-order valence-electron chi connectivity index (χ4n) is 4.68. The number of aromatic nitrogens is 3. The SMILES string of the molecule is Cn1c(SCC(=O)N2CCCC(C(N)=O)C2)nnc1-c1cc2c(s1)CCC(C(C)(C)C)C2. The number of fused-ring (bicyclic) bond motifs is 1. The molecule has 9 heteroatoms. The van der Waals surface area contributed by atoms with Gasteiger partial charge in [-0.1, -0.05) is 32.5 Å². The van der Waals surface area contributed by atoms with E-state index < -0.39 is 0 Å². The summed E-state index contributed by atoms with van der Waals surface area (Å²) in [7, 11) is 1.96. The van der Waals surface area contributed by atoms with Crippen LogP contribution in [-0.4, -0.2) is 50.3 Å². The Balaban J connectivity index is 1.41. The summed E-state index contributed by atoms with van der Waals surface area (Å²) in [5.41, 5.74) is 7.22. The third-order valence-corrected chi connectivity index (χ3v) is 9.10. The maximum absolute atomic E-state index is 12.7. The number of rotatable bonds is 5. The van der Waals surface area contributed by atoms with Gasteiger partial charge in [-0.2, -0.15) is 0 Å². The first-order valence-electron chi connectivity index (χ1n) is 11.3. The minimum absolute atomic E-state index is 0.0188. The monoisotopic (exact) mass is 475 g/mol. The van der Waals surface area contributed by atoms with Crippen LogP contribution in [-0.2, 0) is 29.5 Å². The number of aryl methyl sites for hydroxylation is 1. The van der Waals surface area contributed by atoms with Gasteiger partial charge in [0.2, 0.25) is 11.8 Å². The third kappa shape index (κ3) is 4.88. The van der Waals surface area contributed by atoms with Crippen molar-refractivity contribution >= 4 is 34.9 Å². The number of hydrogen-bond donors (Lipinski definition) is 1. The average molecular weight is 476 g/mol. The lowest BCUT2D eigenvalue weighted by atomic mass is 9.72. The molecule has 1 fully saturated rings. The number of hydrogen-bond acceptors (Lipinski definition) is 6. The summed E-state index contributed by atoms with van der Waals surface area (Å²) < 4.78 is 1.99. The fraction of sp³-hybridized carbons (Fsp3) is 0.652. The van der Waals surface area contributed by atoms with Crippen LogP contribution in [0, 0.1) is 17.3 Å². The zero-order chi connectivity index (χ0) is 23.0. The molecule has 174 valence electrons. The van der Waals surface area contributed by atoms with Gasteiger partial charge < -0.3 is 15.2 Å². The molecule has 1 aliphatic carbocycles. The summed E-state index contributed by atoms with van der Waals surface area (Å²) in [5, 5.41) is 9.52. The number of thiophene rings is 1. The minimum atomic E-state index is -0.319. The smallest absolute Gasteiger partial charge is 0.233 e. The molecule has 2 unspecified atom stereocenters. The number of primary amides is 1. The zero-order valence-corrected chi connectivity index (χ0v) is 21.0. The Kier molecular flexibility index (Phi) is 6.68. The molecular formula is C23H33N5O2S2. The van der Waals surface area contributed by atoms with Crippen molar-refractivity contribution in [3.8, 4) is 10.7 Å². The molecule has 2 atom stereocenters. The Labute approximate surface area is 198 Å². The standard InChI is InChI=1S/C23H33N5O2S2/c1-23(2,3)16-7-8-17-15(10-16)11-18(32-17)21-25-26-22(27(21)4)31-13-19(29)28-9-5-6-14(12-28)20(24)30/h11,14,16H,5-10,12-13H2,1-4H3,(H2,24,30). The Morgan fingerprint density at radius 2 is 2.06 bits per heavy atom. The summed E-state index contributed by atoms with van der Waals surface area (Å²) in [6, 6.07) is 2.29. The van der Waals surface area contributed by atoms with E-state index in [0.717, 1.165) is 41.5 Å². The Bertz CT molecular complexity index is 1010. The number of nitrogens with two attached hydrogens (primary N) is 1. The molecule has 2 amide bonds. The molecule has 0 spiro atoms. The van der Waals surface area contributed by atoms with Crippen LogP contribution < -0.4 is 5.73 Å². The molecule has 0 saturated carbocycles. The van der Waals surface area contributed by atoms with Crippen LogP contribution in [0.15, 0.2) is 11.2 Å². The van der Waals surface area contributed by atoms with Gasteiger partial charge in [0.05, 0.1) is 16.5 Å². The molecule has 0 radical (unpaired) electrons. The van der Waals surface area contributed by atoms with Crippen LogP contribution in [0.1, 0.15) is 50.5 Å². The van der Waals surface area contributed by atoms with Gasteiger partial charge in [-0.05, 0) is 55.1 Å². The normalized spacial score (nSPS) is 21.4. The maximum atomic E-state index is 12.7. The van der Waals surface area contributed by atoms with Crippen molar-refractivity contribution in [3.05, 3.63) is 16.5 Å². The highest BCUT2D eigenvalue weighted by Crippen LogP contribution is 2.42. The Morgan fingerprint density at radius 1 is 1.28 bits per heavy atom. The lowest BCUT2D eigenvalue weighted by Gasteiger charge is -2.33. The number of carbonyl (C=O) groups excluding carboxylic acids is 2. The molecule has 2 aromatic rings. The van der Waals surface area contributed by atoms with E-state index in [1.807, 2.05) is 23.0 Å². The first kappa shape index (κ1) is 23.3. The van der Waals surface area contributed by atoms with Crippen molar-refractivity contribution in [2.75, 3.05) is 18.8 Å². The molecule has 4 rings (SSSR count). The highest BCUT2D eigenvalue weighted by molar-refractivity contribution is 7.99. The molecule has 2 aliphatic rings. The lowest BCUT2D eigenvalue weighted by molar-refractivity contribution is -0.132. The third-order valence-electron chi connectivity index (χ3n) is 6.86. The highest BCUT2D eigenvalue weighted by atomic mass is 32.2. The van der Waals surface area contributed by atoms with Crippen LogP contribution in [0.4, 0.5) is 0 Å². The molecule has 3 heterocycles. The Hall–Kier alpha value is -1.87. The van der Waals surface area contributed by atoms with Gasteiger partial charge >= 0.3 is 0 Å². The summed E-state index contributed by atoms with van der Waals surface area (Å²) in [6.07, 6.45) is 5.09. The number of amides is 2. The second-order valence-corrected chi connectivity index (χ2v) is 12.2. The lowest BCUT2D eigenvalue weighted by Crippen LogP contribution is -2.44. The number of likely N-dealkylation sites (tertiary alicyclic amines) is 1. The van der Waals surface area contributed by atoms with E-state index in [1.165, 1.54) is 28.6 Å². The molecule has 0 bridgehead atoms. The largest absolute Gasteiger partial charge is 0.369 e. The van der Waals surface area contributed by atoms with E-state index >= 15 is 0 Å². The van der Waals surface area contributed by atoms with Crippen LogP contribution >= 0.6 is 23.1 Å². The number of carbonyl (C=O) groups is 2. The molecule has 1 saturated heterocycles. The van der Waals surface area contributed by atoms with E-state index in [2.05, 4.69) is 37.0 Å².